The quantitative estimate of drug-likeness (QED) is 0.302. The number of hydrogen-bond donors (Lipinski definition) is 1. The van der Waals surface area contributed by atoms with Crippen LogP contribution in [0, 0.1) is 19.7 Å². The van der Waals surface area contributed by atoms with Crippen LogP contribution in [-0.2, 0) is 22.6 Å². The summed E-state index contributed by atoms with van der Waals surface area (Å²) in [6.07, 6.45) is 1.10. The van der Waals surface area contributed by atoms with Crippen LogP contribution in [0.4, 0.5) is 4.39 Å². The molecule has 0 fully saturated rings. The number of hydrogen-bond acceptors (Lipinski definition) is 3. The van der Waals surface area contributed by atoms with Gasteiger partial charge in [-0.05, 0) is 73.7 Å². The lowest BCUT2D eigenvalue weighted by Crippen LogP contribution is -2.53. The SMILES string of the molecule is CC[C@H](C)NC(=O)[C@H](Cc1ccccc1)N(Cc1ccc(F)cc1)C(=O)COc1cc(C)c(Br)c(C)c1. The number of nitrogens with one attached hydrogen (secondary N) is 1. The Balaban J connectivity index is 1.92. The highest BCUT2D eigenvalue weighted by atomic mass is 79.9. The fraction of sp³-hybridized carbons (Fsp3) is 0.333. The summed E-state index contributed by atoms with van der Waals surface area (Å²) in [6, 6.07) is 18.5. The average Bonchev–Trinajstić information content (AvgIpc) is 2.89. The third-order valence-corrected chi connectivity index (χ3v) is 7.56. The number of benzene rings is 3. The molecule has 0 aromatic heterocycles. The van der Waals surface area contributed by atoms with E-state index < -0.39 is 6.04 Å². The van der Waals surface area contributed by atoms with Gasteiger partial charge in [-0.25, -0.2) is 4.39 Å². The molecule has 196 valence electrons. The Morgan fingerprint density at radius 2 is 1.62 bits per heavy atom. The standard InChI is InChI=1S/C30H34BrFN2O3/c1-5-22(4)33-30(36)27(17-23-9-7-6-8-10-23)34(18-24-11-13-25(32)14-12-24)28(35)19-37-26-15-20(2)29(31)21(3)16-26/h6-16,22,27H,5,17-19H2,1-4H3,(H,33,36)/t22-,27-/m0/s1. The Hall–Kier alpha value is -3.19. The molecule has 1 N–H and O–H groups in total. The van der Waals surface area contributed by atoms with Crippen molar-refractivity contribution in [3.8, 4) is 5.75 Å². The summed E-state index contributed by atoms with van der Waals surface area (Å²) in [5.74, 6) is -0.343. The van der Waals surface area contributed by atoms with E-state index in [1.165, 1.54) is 17.0 Å². The van der Waals surface area contributed by atoms with E-state index in [4.69, 9.17) is 4.74 Å². The predicted molar refractivity (Wildman–Crippen MR) is 148 cm³/mol. The molecule has 2 atom stereocenters. The van der Waals surface area contributed by atoms with Crippen LogP contribution < -0.4 is 10.1 Å². The van der Waals surface area contributed by atoms with Crippen LogP contribution in [0.5, 0.6) is 5.75 Å². The van der Waals surface area contributed by atoms with Gasteiger partial charge in [0.15, 0.2) is 6.61 Å². The summed E-state index contributed by atoms with van der Waals surface area (Å²) < 4.78 is 20.5. The number of nitrogens with zero attached hydrogens (tertiary/aromatic N) is 1. The molecular weight excluding hydrogens is 535 g/mol. The molecule has 0 spiro atoms. The van der Waals surface area contributed by atoms with Crippen molar-refractivity contribution in [1.29, 1.82) is 0 Å². The molecule has 5 nitrogen and oxygen atoms in total. The lowest BCUT2D eigenvalue weighted by molar-refractivity contribution is -0.143. The van der Waals surface area contributed by atoms with Crippen molar-refractivity contribution in [2.75, 3.05) is 6.61 Å². The highest BCUT2D eigenvalue weighted by molar-refractivity contribution is 9.10. The van der Waals surface area contributed by atoms with Gasteiger partial charge in [0, 0.05) is 23.5 Å². The fourth-order valence-electron chi connectivity index (χ4n) is 4.00. The number of halogens is 2. The maximum atomic E-state index is 13.7. The molecule has 37 heavy (non-hydrogen) atoms. The zero-order valence-corrected chi connectivity index (χ0v) is 23.3. The molecule has 7 heteroatoms. The number of carbonyl (C=O) groups excluding carboxylic acids is 2. The number of amides is 2. The Labute approximate surface area is 227 Å². The maximum Gasteiger partial charge on any atom is 0.261 e. The van der Waals surface area contributed by atoms with Crippen molar-refractivity contribution in [3.05, 3.63) is 99.3 Å². The van der Waals surface area contributed by atoms with Gasteiger partial charge in [0.25, 0.3) is 5.91 Å². The molecule has 0 heterocycles. The molecule has 0 aliphatic heterocycles. The van der Waals surface area contributed by atoms with Crippen LogP contribution in [0.1, 0.15) is 42.5 Å². The third-order valence-electron chi connectivity index (χ3n) is 6.31. The number of rotatable bonds is 11. The van der Waals surface area contributed by atoms with E-state index in [-0.39, 0.29) is 36.8 Å². The summed E-state index contributed by atoms with van der Waals surface area (Å²) in [5, 5.41) is 3.04. The van der Waals surface area contributed by atoms with E-state index >= 15 is 0 Å². The first kappa shape index (κ1) is 28.4. The summed E-state index contributed by atoms with van der Waals surface area (Å²) >= 11 is 3.55. The van der Waals surface area contributed by atoms with Crippen LogP contribution in [0.3, 0.4) is 0 Å². The van der Waals surface area contributed by atoms with Gasteiger partial charge in [0.2, 0.25) is 5.91 Å². The van der Waals surface area contributed by atoms with Crippen molar-refractivity contribution < 1.29 is 18.7 Å². The minimum absolute atomic E-state index is 0.0430. The molecule has 2 amide bonds. The summed E-state index contributed by atoms with van der Waals surface area (Å²) in [6.45, 7) is 7.76. The maximum absolute atomic E-state index is 13.7. The van der Waals surface area contributed by atoms with Crippen LogP contribution >= 0.6 is 15.9 Å². The van der Waals surface area contributed by atoms with Crippen molar-refractivity contribution in [1.82, 2.24) is 10.2 Å². The topological polar surface area (TPSA) is 58.6 Å². The van der Waals surface area contributed by atoms with Crippen molar-refractivity contribution in [2.24, 2.45) is 0 Å². The van der Waals surface area contributed by atoms with E-state index in [9.17, 15) is 14.0 Å². The van der Waals surface area contributed by atoms with E-state index in [2.05, 4.69) is 21.2 Å². The largest absolute Gasteiger partial charge is 0.484 e. The fourth-order valence-corrected chi connectivity index (χ4v) is 4.23. The van der Waals surface area contributed by atoms with Gasteiger partial charge in [-0.3, -0.25) is 9.59 Å². The second kappa shape index (κ2) is 13.4. The smallest absolute Gasteiger partial charge is 0.261 e. The molecule has 0 bridgehead atoms. The van der Waals surface area contributed by atoms with E-state index in [0.29, 0.717) is 12.2 Å². The molecule has 0 unspecified atom stereocenters. The summed E-state index contributed by atoms with van der Waals surface area (Å²) in [5.41, 5.74) is 3.66. The first-order valence-corrected chi connectivity index (χ1v) is 13.2. The summed E-state index contributed by atoms with van der Waals surface area (Å²) in [7, 11) is 0. The van der Waals surface area contributed by atoms with Crippen molar-refractivity contribution in [2.45, 2.75) is 59.2 Å². The summed E-state index contributed by atoms with van der Waals surface area (Å²) in [4.78, 5) is 28.7. The zero-order chi connectivity index (χ0) is 26.9. The highest BCUT2D eigenvalue weighted by Crippen LogP contribution is 2.26. The minimum Gasteiger partial charge on any atom is -0.484 e. The van der Waals surface area contributed by atoms with Gasteiger partial charge >= 0.3 is 0 Å². The Morgan fingerprint density at radius 3 is 2.22 bits per heavy atom. The zero-order valence-electron chi connectivity index (χ0n) is 21.8. The molecule has 0 radical (unpaired) electrons. The van der Waals surface area contributed by atoms with Crippen molar-refractivity contribution >= 4 is 27.7 Å². The van der Waals surface area contributed by atoms with Gasteiger partial charge < -0.3 is 15.0 Å². The Kier molecular flexibility index (Phi) is 10.3. The monoisotopic (exact) mass is 568 g/mol. The molecule has 3 rings (SSSR count). The second-order valence-corrected chi connectivity index (χ2v) is 10.1. The average molecular weight is 570 g/mol. The highest BCUT2D eigenvalue weighted by Gasteiger charge is 2.31. The van der Waals surface area contributed by atoms with E-state index in [1.807, 2.05) is 70.2 Å². The van der Waals surface area contributed by atoms with E-state index in [1.54, 1.807) is 12.1 Å². The predicted octanol–water partition coefficient (Wildman–Crippen LogP) is 6.14. The van der Waals surface area contributed by atoms with E-state index in [0.717, 1.165) is 33.1 Å². The number of ether oxygens (including phenoxy) is 1. The van der Waals surface area contributed by atoms with Gasteiger partial charge in [-0.1, -0.05) is 65.3 Å². The molecule has 0 aliphatic rings. The lowest BCUT2D eigenvalue weighted by atomic mass is 10.0. The molecular formula is C30H34BrFN2O3. The molecule has 0 aliphatic carbocycles. The van der Waals surface area contributed by atoms with Gasteiger partial charge in [-0.15, -0.1) is 0 Å². The normalized spacial score (nSPS) is 12.5. The first-order valence-electron chi connectivity index (χ1n) is 12.5. The van der Waals surface area contributed by atoms with Gasteiger partial charge in [-0.2, -0.15) is 0 Å². The van der Waals surface area contributed by atoms with Crippen LogP contribution in [-0.4, -0.2) is 35.4 Å². The van der Waals surface area contributed by atoms with Gasteiger partial charge in [0.05, 0.1) is 0 Å². The number of carbonyl (C=O) groups is 2. The third kappa shape index (κ3) is 8.15. The lowest BCUT2D eigenvalue weighted by Gasteiger charge is -2.32. The van der Waals surface area contributed by atoms with Crippen molar-refractivity contribution in [3.63, 3.8) is 0 Å². The van der Waals surface area contributed by atoms with Crippen LogP contribution in [0.15, 0.2) is 71.2 Å². The molecule has 0 saturated carbocycles. The Morgan fingerprint density at radius 1 is 1.00 bits per heavy atom. The molecule has 3 aromatic carbocycles. The minimum atomic E-state index is -0.772. The Bertz CT molecular complexity index is 1180. The second-order valence-electron chi connectivity index (χ2n) is 9.33. The van der Waals surface area contributed by atoms with Crippen LogP contribution in [0.2, 0.25) is 0 Å². The first-order chi connectivity index (χ1) is 17.7. The van der Waals surface area contributed by atoms with Crippen LogP contribution in [0.25, 0.3) is 0 Å². The number of aryl methyl sites for hydroxylation is 2. The molecule has 3 aromatic rings. The van der Waals surface area contributed by atoms with Gasteiger partial charge in [0.1, 0.15) is 17.6 Å². The molecule has 0 saturated heterocycles.